The van der Waals surface area contributed by atoms with Gasteiger partial charge in [-0.25, -0.2) is 4.39 Å². The lowest BCUT2D eigenvalue weighted by molar-refractivity contribution is -0.123. The normalized spacial score (nSPS) is 20.2. The Hall–Kier alpha value is -1.46. The molecule has 4 nitrogen and oxygen atoms in total. The summed E-state index contributed by atoms with van der Waals surface area (Å²) in [7, 11) is 0. The molecule has 1 aromatic rings. The van der Waals surface area contributed by atoms with E-state index in [2.05, 4.69) is 5.32 Å². The lowest BCUT2D eigenvalue weighted by Gasteiger charge is -2.14. The Bertz CT molecular complexity index is 415. The number of halogens is 1. The molecule has 1 aliphatic heterocycles. The highest BCUT2D eigenvalue weighted by molar-refractivity contribution is 5.76. The second kappa shape index (κ2) is 6.63. The topological polar surface area (TPSA) is 58.6 Å². The van der Waals surface area contributed by atoms with Crippen molar-refractivity contribution in [1.82, 2.24) is 5.32 Å². The molecule has 1 aromatic carbocycles. The summed E-state index contributed by atoms with van der Waals surface area (Å²) in [5, 5.41) is 12.5. The van der Waals surface area contributed by atoms with E-state index in [9.17, 15) is 14.3 Å². The predicted molar refractivity (Wildman–Crippen MR) is 68.0 cm³/mol. The molecule has 2 rings (SSSR count). The molecule has 0 saturated carbocycles. The summed E-state index contributed by atoms with van der Waals surface area (Å²) in [6, 6.07) is 5.58. The molecule has 1 aliphatic rings. The van der Waals surface area contributed by atoms with Gasteiger partial charge in [0.15, 0.2) is 0 Å². The number of ether oxygens (including phenoxy) is 1. The van der Waals surface area contributed by atoms with Gasteiger partial charge in [-0.15, -0.1) is 0 Å². The molecule has 1 amide bonds. The summed E-state index contributed by atoms with van der Waals surface area (Å²) in [6.45, 7) is 0.841. The predicted octanol–water partition coefficient (Wildman–Crippen LogP) is 1.54. The molecule has 0 radical (unpaired) electrons. The summed E-state index contributed by atoms with van der Waals surface area (Å²) in [6.07, 6.45) is 1.41. The van der Waals surface area contributed by atoms with E-state index >= 15 is 0 Å². The number of amides is 1. The molecule has 19 heavy (non-hydrogen) atoms. The lowest BCUT2D eigenvalue weighted by Crippen LogP contribution is -2.30. The standard InChI is InChI=1S/C14H18FNO3/c15-11-5-3-10(4-6-11)13(17)9-16-14(18)8-12-2-1-7-19-12/h3-6,12-13,17H,1-2,7-9H2,(H,16,18). The van der Waals surface area contributed by atoms with Crippen molar-refractivity contribution in [2.24, 2.45) is 0 Å². The number of aliphatic hydroxyl groups is 1. The van der Waals surface area contributed by atoms with Crippen molar-refractivity contribution < 1.29 is 19.0 Å². The molecular formula is C14H18FNO3. The lowest BCUT2D eigenvalue weighted by atomic mass is 10.1. The second-order valence-electron chi connectivity index (χ2n) is 4.71. The monoisotopic (exact) mass is 267 g/mol. The first-order valence-electron chi connectivity index (χ1n) is 6.47. The number of carbonyl (C=O) groups is 1. The molecule has 0 bridgehead atoms. The maximum atomic E-state index is 12.7. The third kappa shape index (κ3) is 4.29. The fraction of sp³-hybridized carbons (Fsp3) is 0.500. The van der Waals surface area contributed by atoms with Crippen molar-refractivity contribution in [2.75, 3.05) is 13.2 Å². The van der Waals surface area contributed by atoms with E-state index in [0.717, 1.165) is 19.4 Å². The van der Waals surface area contributed by atoms with Gasteiger partial charge in [0.2, 0.25) is 5.91 Å². The number of benzene rings is 1. The highest BCUT2D eigenvalue weighted by Crippen LogP contribution is 2.15. The van der Waals surface area contributed by atoms with Crippen LogP contribution >= 0.6 is 0 Å². The molecule has 0 spiro atoms. The number of hydrogen-bond acceptors (Lipinski definition) is 3. The van der Waals surface area contributed by atoms with Gasteiger partial charge >= 0.3 is 0 Å². The van der Waals surface area contributed by atoms with Gasteiger partial charge in [0.1, 0.15) is 5.82 Å². The first-order valence-corrected chi connectivity index (χ1v) is 6.47. The Kier molecular flexibility index (Phi) is 4.87. The van der Waals surface area contributed by atoms with Crippen molar-refractivity contribution in [3.63, 3.8) is 0 Å². The van der Waals surface area contributed by atoms with Crippen LogP contribution in [0, 0.1) is 5.82 Å². The molecule has 5 heteroatoms. The van der Waals surface area contributed by atoms with Crippen molar-refractivity contribution in [3.8, 4) is 0 Å². The van der Waals surface area contributed by atoms with Crippen LogP contribution in [-0.4, -0.2) is 30.3 Å². The summed E-state index contributed by atoms with van der Waals surface area (Å²) < 4.78 is 18.1. The van der Waals surface area contributed by atoms with E-state index in [-0.39, 0.29) is 24.4 Å². The van der Waals surface area contributed by atoms with Crippen LogP contribution in [0.2, 0.25) is 0 Å². The Balaban J connectivity index is 1.74. The molecule has 2 N–H and O–H groups in total. The molecule has 0 aromatic heterocycles. The third-order valence-corrected chi connectivity index (χ3v) is 3.18. The Morgan fingerprint density at radius 2 is 2.21 bits per heavy atom. The number of rotatable bonds is 5. The van der Waals surface area contributed by atoms with Crippen LogP contribution in [0.1, 0.15) is 30.9 Å². The Morgan fingerprint density at radius 1 is 1.47 bits per heavy atom. The van der Waals surface area contributed by atoms with Crippen LogP contribution in [0.15, 0.2) is 24.3 Å². The number of hydrogen-bond donors (Lipinski definition) is 2. The summed E-state index contributed by atoms with van der Waals surface area (Å²) >= 11 is 0. The van der Waals surface area contributed by atoms with Crippen LogP contribution in [0.5, 0.6) is 0 Å². The minimum absolute atomic E-state index is 0.00274. The summed E-state index contributed by atoms with van der Waals surface area (Å²) in [5.74, 6) is -0.480. The average molecular weight is 267 g/mol. The minimum Gasteiger partial charge on any atom is -0.387 e. The zero-order chi connectivity index (χ0) is 13.7. The number of nitrogens with one attached hydrogen (secondary N) is 1. The van der Waals surface area contributed by atoms with Crippen LogP contribution in [0.3, 0.4) is 0 Å². The van der Waals surface area contributed by atoms with Crippen LogP contribution in [0.25, 0.3) is 0 Å². The van der Waals surface area contributed by atoms with Gasteiger partial charge in [-0.1, -0.05) is 12.1 Å². The van der Waals surface area contributed by atoms with Gasteiger partial charge in [0.05, 0.1) is 18.6 Å². The van der Waals surface area contributed by atoms with Gasteiger partial charge in [0.25, 0.3) is 0 Å². The Labute approximate surface area is 111 Å². The maximum Gasteiger partial charge on any atom is 0.222 e. The van der Waals surface area contributed by atoms with Crippen LogP contribution in [-0.2, 0) is 9.53 Å². The van der Waals surface area contributed by atoms with Crippen LogP contribution < -0.4 is 5.32 Å². The quantitative estimate of drug-likeness (QED) is 0.851. The number of aliphatic hydroxyl groups excluding tert-OH is 1. The van der Waals surface area contributed by atoms with Gasteiger partial charge < -0.3 is 15.2 Å². The highest BCUT2D eigenvalue weighted by atomic mass is 19.1. The molecule has 1 saturated heterocycles. The van der Waals surface area contributed by atoms with Crippen molar-refractivity contribution in [1.29, 1.82) is 0 Å². The summed E-state index contributed by atoms with van der Waals surface area (Å²) in [5.41, 5.74) is 0.582. The van der Waals surface area contributed by atoms with E-state index in [1.807, 2.05) is 0 Å². The van der Waals surface area contributed by atoms with E-state index in [1.54, 1.807) is 0 Å². The van der Waals surface area contributed by atoms with Gasteiger partial charge in [-0.3, -0.25) is 4.79 Å². The van der Waals surface area contributed by atoms with E-state index < -0.39 is 6.10 Å². The highest BCUT2D eigenvalue weighted by Gasteiger charge is 2.19. The molecule has 2 unspecified atom stereocenters. The average Bonchev–Trinajstić information content (AvgIpc) is 2.89. The first kappa shape index (κ1) is 14.0. The van der Waals surface area contributed by atoms with E-state index in [4.69, 9.17) is 4.74 Å². The smallest absolute Gasteiger partial charge is 0.222 e. The molecule has 0 aliphatic carbocycles. The maximum absolute atomic E-state index is 12.7. The van der Waals surface area contributed by atoms with E-state index in [0.29, 0.717) is 12.0 Å². The fourth-order valence-corrected chi connectivity index (χ4v) is 2.10. The van der Waals surface area contributed by atoms with Crippen molar-refractivity contribution >= 4 is 5.91 Å². The zero-order valence-electron chi connectivity index (χ0n) is 10.6. The van der Waals surface area contributed by atoms with E-state index in [1.165, 1.54) is 24.3 Å². The Morgan fingerprint density at radius 3 is 2.84 bits per heavy atom. The largest absolute Gasteiger partial charge is 0.387 e. The van der Waals surface area contributed by atoms with Crippen molar-refractivity contribution in [2.45, 2.75) is 31.5 Å². The molecule has 104 valence electrons. The van der Waals surface area contributed by atoms with Gasteiger partial charge in [-0.2, -0.15) is 0 Å². The molecule has 2 atom stereocenters. The molecule has 1 heterocycles. The van der Waals surface area contributed by atoms with Gasteiger partial charge in [0, 0.05) is 13.2 Å². The SMILES string of the molecule is O=C(CC1CCCO1)NCC(O)c1ccc(F)cc1. The third-order valence-electron chi connectivity index (χ3n) is 3.18. The zero-order valence-corrected chi connectivity index (χ0v) is 10.6. The second-order valence-corrected chi connectivity index (χ2v) is 4.71. The summed E-state index contributed by atoms with van der Waals surface area (Å²) in [4.78, 5) is 11.6. The molecule has 1 fully saturated rings. The minimum atomic E-state index is -0.825. The van der Waals surface area contributed by atoms with Crippen molar-refractivity contribution in [3.05, 3.63) is 35.6 Å². The van der Waals surface area contributed by atoms with Gasteiger partial charge in [-0.05, 0) is 30.5 Å². The molecular weight excluding hydrogens is 249 g/mol. The number of carbonyl (C=O) groups excluding carboxylic acids is 1. The fourth-order valence-electron chi connectivity index (χ4n) is 2.10. The van der Waals surface area contributed by atoms with Crippen LogP contribution in [0.4, 0.5) is 4.39 Å². The first-order chi connectivity index (χ1) is 9.15.